The van der Waals surface area contributed by atoms with Crippen LogP contribution in [0.1, 0.15) is 26.6 Å². The third-order valence-corrected chi connectivity index (χ3v) is 5.51. The first-order chi connectivity index (χ1) is 12.0. The lowest BCUT2D eigenvalue weighted by atomic mass is 10.00. The van der Waals surface area contributed by atoms with Crippen LogP contribution in [0.15, 0.2) is 41.8 Å². The monoisotopic (exact) mass is 354 g/mol. The largest absolute Gasteiger partial charge is 0.497 e. The number of aromatic nitrogens is 1. The van der Waals surface area contributed by atoms with E-state index in [0.717, 1.165) is 41.2 Å². The molecule has 0 bridgehead atoms. The second kappa shape index (κ2) is 7.15. The van der Waals surface area contributed by atoms with E-state index in [1.54, 1.807) is 18.4 Å². The fourth-order valence-electron chi connectivity index (χ4n) is 3.31. The number of carbonyl (C=O) groups excluding carboxylic acids is 1. The van der Waals surface area contributed by atoms with Gasteiger partial charge in [-0.1, -0.05) is 18.2 Å². The van der Waals surface area contributed by atoms with Crippen LogP contribution < -0.4 is 10.5 Å². The zero-order chi connectivity index (χ0) is 18.0. The minimum Gasteiger partial charge on any atom is -0.497 e. The molecule has 0 spiro atoms. The highest BCUT2D eigenvalue weighted by Gasteiger charge is 2.22. The summed E-state index contributed by atoms with van der Waals surface area (Å²) in [6.45, 7) is 4.84. The van der Waals surface area contributed by atoms with Crippen molar-refractivity contribution in [3.8, 4) is 16.9 Å². The van der Waals surface area contributed by atoms with E-state index in [9.17, 15) is 4.79 Å². The van der Waals surface area contributed by atoms with Gasteiger partial charge in [0.1, 0.15) is 5.75 Å². The van der Waals surface area contributed by atoms with Crippen molar-refractivity contribution in [2.45, 2.75) is 26.8 Å². The third kappa shape index (κ3) is 3.33. The number of hydrogen-bond donors (Lipinski definition) is 1. The van der Waals surface area contributed by atoms with Crippen molar-refractivity contribution in [3.63, 3.8) is 0 Å². The van der Waals surface area contributed by atoms with Crippen molar-refractivity contribution in [1.82, 2.24) is 4.57 Å². The predicted molar refractivity (Wildman–Crippen MR) is 102 cm³/mol. The lowest BCUT2D eigenvalue weighted by Crippen LogP contribution is -2.13. The highest BCUT2D eigenvalue weighted by Crippen LogP contribution is 2.33. The van der Waals surface area contributed by atoms with Crippen LogP contribution in [0, 0.1) is 13.8 Å². The number of primary amides is 1. The number of methoxy groups -OCH3 is 1. The zero-order valence-corrected chi connectivity index (χ0v) is 15.5. The second-order valence-electron chi connectivity index (χ2n) is 5.99. The summed E-state index contributed by atoms with van der Waals surface area (Å²) in [7, 11) is 1.64. The minimum absolute atomic E-state index is 0.388. The van der Waals surface area contributed by atoms with Crippen molar-refractivity contribution in [1.29, 1.82) is 0 Å². The zero-order valence-electron chi connectivity index (χ0n) is 14.7. The average Bonchev–Trinajstić information content (AvgIpc) is 3.20. The summed E-state index contributed by atoms with van der Waals surface area (Å²) in [6.07, 6.45) is 0.939. The molecule has 130 valence electrons. The van der Waals surface area contributed by atoms with Crippen LogP contribution >= 0.6 is 11.3 Å². The Labute approximate surface area is 151 Å². The summed E-state index contributed by atoms with van der Waals surface area (Å²) < 4.78 is 7.42. The van der Waals surface area contributed by atoms with Crippen molar-refractivity contribution < 1.29 is 9.53 Å². The number of thiophene rings is 1. The van der Waals surface area contributed by atoms with Crippen LogP contribution in [-0.2, 0) is 13.0 Å². The molecule has 2 aromatic heterocycles. The molecule has 0 fully saturated rings. The smallest absolute Gasteiger partial charge is 0.251 e. The Balaban J connectivity index is 2.04. The Morgan fingerprint density at radius 3 is 2.44 bits per heavy atom. The first-order valence-corrected chi connectivity index (χ1v) is 9.07. The number of aryl methyl sites for hydroxylation is 1. The highest BCUT2D eigenvalue weighted by molar-refractivity contribution is 7.09. The molecule has 3 rings (SSSR count). The van der Waals surface area contributed by atoms with Crippen molar-refractivity contribution in [2.24, 2.45) is 5.73 Å². The van der Waals surface area contributed by atoms with Gasteiger partial charge in [-0.3, -0.25) is 4.79 Å². The lowest BCUT2D eigenvalue weighted by molar-refractivity contribution is 0.1000. The molecule has 0 unspecified atom stereocenters. The number of benzene rings is 1. The molecular formula is C20H22N2O2S. The van der Waals surface area contributed by atoms with E-state index in [2.05, 4.69) is 22.1 Å². The van der Waals surface area contributed by atoms with Gasteiger partial charge >= 0.3 is 0 Å². The number of hydrogen-bond acceptors (Lipinski definition) is 3. The van der Waals surface area contributed by atoms with Crippen molar-refractivity contribution >= 4 is 17.2 Å². The summed E-state index contributed by atoms with van der Waals surface area (Å²) in [6, 6.07) is 11.9. The van der Waals surface area contributed by atoms with E-state index >= 15 is 0 Å². The highest BCUT2D eigenvalue weighted by atomic mass is 32.1. The minimum atomic E-state index is -0.388. The Bertz CT molecular complexity index is 878. The summed E-state index contributed by atoms with van der Waals surface area (Å²) in [5.74, 6) is 0.400. The molecule has 0 saturated carbocycles. The molecule has 1 amide bonds. The van der Waals surface area contributed by atoms with Crippen molar-refractivity contribution in [3.05, 3.63) is 63.6 Å². The van der Waals surface area contributed by atoms with Gasteiger partial charge in [0, 0.05) is 28.4 Å². The molecule has 5 heteroatoms. The van der Waals surface area contributed by atoms with Gasteiger partial charge in [-0.25, -0.2) is 0 Å². The first-order valence-electron chi connectivity index (χ1n) is 8.19. The molecule has 3 aromatic rings. The number of nitrogens with zero attached hydrogens (tertiary/aromatic N) is 1. The fourth-order valence-corrected chi connectivity index (χ4v) is 4.01. The second-order valence-corrected chi connectivity index (χ2v) is 7.03. The summed E-state index contributed by atoms with van der Waals surface area (Å²) in [5.41, 5.74) is 10.2. The third-order valence-electron chi connectivity index (χ3n) is 4.57. The molecule has 0 aliphatic heterocycles. The van der Waals surface area contributed by atoms with Crippen LogP contribution in [0.5, 0.6) is 5.75 Å². The fraction of sp³-hybridized carbons (Fsp3) is 0.250. The van der Waals surface area contributed by atoms with Gasteiger partial charge in [-0.15, -0.1) is 11.3 Å². The predicted octanol–water partition coefficient (Wildman–Crippen LogP) is 4.18. The molecule has 4 nitrogen and oxygen atoms in total. The molecule has 0 atom stereocenters. The number of ether oxygens (including phenoxy) is 1. The molecule has 0 aliphatic rings. The normalized spacial score (nSPS) is 10.8. The molecule has 0 aliphatic carbocycles. The van der Waals surface area contributed by atoms with Gasteiger partial charge in [0.15, 0.2) is 0 Å². The maximum absolute atomic E-state index is 12.1. The summed E-state index contributed by atoms with van der Waals surface area (Å²) >= 11 is 1.75. The molecule has 25 heavy (non-hydrogen) atoms. The lowest BCUT2D eigenvalue weighted by Gasteiger charge is -2.09. The summed E-state index contributed by atoms with van der Waals surface area (Å²) in [5, 5.41) is 2.09. The molecular weight excluding hydrogens is 332 g/mol. The van der Waals surface area contributed by atoms with Gasteiger partial charge in [0.25, 0.3) is 5.91 Å². The van der Waals surface area contributed by atoms with Crippen LogP contribution in [0.25, 0.3) is 11.1 Å². The van der Waals surface area contributed by atoms with Gasteiger partial charge in [-0.2, -0.15) is 0 Å². The molecule has 0 radical (unpaired) electrons. The maximum atomic E-state index is 12.1. The van der Waals surface area contributed by atoms with E-state index < -0.39 is 0 Å². The average molecular weight is 354 g/mol. The van der Waals surface area contributed by atoms with E-state index in [4.69, 9.17) is 10.5 Å². The quantitative estimate of drug-likeness (QED) is 0.722. The van der Waals surface area contributed by atoms with Crippen molar-refractivity contribution in [2.75, 3.05) is 7.11 Å². The standard InChI is InChI=1S/C20H22N2O2S/c1-13-18(15-6-8-16(24-3)9-7-15)19(20(21)23)14(2)22(13)11-10-17-5-4-12-25-17/h4-9,12H,10-11H2,1-3H3,(H2,21,23). The molecule has 0 saturated heterocycles. The first kappa shape index (κ1) is 17.3. The number of rotatable bonds is 6. The number of carbonyl (C=O) groups is 1. The van der Waals surface area contributed by atoms with E-state index in [1.807, 2.05) is 38.1 Å². The number of nitrogens with two attached hydrogens (primary N) is 1. The van der Waals surface area contributed by atoms with Crippen LogP contribution in [-0.4, -0.2) is 17.6 Å². The van der Waals surface area contributed by atoms with Gasteiger partial charge in [0.05, 0.1) is 12.7 Å². The molecule has 2 N–H and O–H groups in total. The van der Waals surface area contributed by atoms with E-state index in [0.29, 0.717) is 5.56 Å². The Hall–Kier alpha value is -2.53. The maximum Gasteiger partial charge on any atom is 0.251 e. The summed E-state index contributed by atoms with van der Waals surface area (Å²) in [4.78, 5) is 13.5. The Morgan fingerprint density at radius 2 is 1.88 bits per heavy atom. The SMILES string of the molecule is COc1ccc(-c2c(C(N)=O)c(C)n(CCc3cccs3)c2C)cc1. The van der Waals surface area contributed by atoms with Crippen LogP contribution in [0.4, 0.5) is 0 Å². The van der Waals surface area contributed by atoms with Gasteiger partial charge in [0.2, 0.25) is 0 Å². The Kier molecular flexibility index (Phi) is 4.95. The van der Waals surface area contributed by atoms with E-state index in [1.165, 1.54) is 4.88 Å². The van der Waals surface area contributed by atoms with Crippen LogP contribution in [0.3, 0.4) is 0 Å². The molecule has 2 heterocycles. The van der Waals surface area contributed by atoms with Gasteiger partial charge < -0.3 is 15.0 Å². The topological polar surface area (TPSA) is 57.2 Å². The molecule has 1 aromatic carbocycles. The number of amides is 1. The van der Waals surface area contributed by atoms with Crippen LogP contribution in [0.2, 0.25) is 0 Å². The Morgan fingerprint density at radius 1 is 1.16 bits per heavy atom. The van der Waals surface area contributed by atoms with E-state index in [-0.39, 0.29) is 5.91 Å². The van der Waals surface area contributed by atoms with Gasteiger partial charge in [-0.05, 0) is 49.4 Å².